The van der Waals surface area contributed by atoms with E-state index in [1.165, 1.54) is 4.31 Å². The Morgan fingerprint density at radius 2 is 1.94 bits per heavy atom. The number of sulfonamides is 1. The molecule has 5 heteroatoms. The zero-order valence-corrected chi connectivity index (χ0v) is 11.8. The van der Waals surface area contributed by atoms with Crippen LogP contribution in [0.2, 0.25) is 0 Å². The minimum atomic E-state index is -3.38. The molecule has 0 saturated carbocycles. The summed E-state index contributed by atoms with van der Waals surface area (Å²) in [6.45, 7) is 4.58. The highest BCUT2D eigenvalue weighted by atomic mass is 35.5. The van der Waals surface area contributed by atoms with Crippen LogP contribution in [0.25, 0.3) is 0 Å². The van der Waals surface area contributed by atoms with E-state index >= 15 is 0 Å². The molecule has 0 amide bonds. The van der Waals surface area contributed by atoms with Gasteiger partial charge in [-0.3, -0.25) is 0 Å². The third-order valence-corrected chi connectivity index (χ3v) is 5.01. The van der Waals surface area contributed by atoms with Gasteiger partial charge < -0.3 is 0 Å². The van der Waals surface area contributed by atoms with Gasteiger partial charge in [0.05, 0.1) is 4.90 Å². The molecule has 0 atom stereocenters. The molecule has 0 aliphatic carbocycles. The van der Waals surface area contributed by atoms with Crippen molar-refractivity contribution in [3.8, 4) is 0 Å². The maximum Gasteiger partial charge on any atom is 0.243 e. The summed E-state index contributed by atoms with van der Waals surface area (Å²) >= 11 is 5.61. The number of rotatable bonds is 6. The van der Waals surface area contributed by atoms with E-state index in [2.05, 4.69) is 0 Å². The highest BCUT2D eigenvalue weighted by Crippen LogP contribution is 2.19. The predicted molar refractivity (Wildman–Crippen MR) is 70.9 cm³/mol. The fraction of sp³-hybridized carbons (Fsp3) is 0.500. The Balaban J connectivity index is 3.05. The monoisotopic (exact) mass is 275 g/mol. The van der Waals surface area contributed by atoms with Crippen molar-refractivity contribution in [1.29, 1.82) is 0 Å². The third-order valence-electron chi connectivity index (χ3n) is 2.61. The van der Waals surface area contributed by atoms with E-state index in [1.54, 1.807) is 12.1 Å². The second-order valence-electron chi connectivity index (χ2n) is 3.80. The lowest BCUT2D eigenvalue weighted by atomic mass is 10.2. The van der Waals surface area contributed by atoms with Gasteiger partial charge in [0.15, 0.2) is 0 Å². The molecule has 0 spiro atoms. The van der Waals surface area contributed by atoms with Gasteiger partial charge >= 0.3 is 0 Å². The third kappa shape index (κ3) is 3.44. The van der Waals surface area contributed by atoms with Crippen LogP contribution in [0.5, 0.6) is 0 Å². The van der Waals surface area contributed by atoms with Crippen LogP contribution in [-0.2, 0) is 10.0 Å². The molecule has 0 aliphatic heterocycles. The quantitative estimate of drug-likeness (QED) is 0.749. The number of aryl methyl sites for hydroxylation is 1. The topological polar surface area (TPSA) is 37.4 Å². The molecule has 17 heavy (non-hydrogen) atoms. The number of hydrogen-bond acceptors (Lipinski definition) is 2. The van der Waals surface area contributed by atoms with Gasteiger partial charge in [-0.2, -0.15) is 4.31 Å². The fourth-order valence-corrected chi connectivity index (χ4v) is 3.50. The number of halogens is 1. The van der Waals surface area contributed by atoms with Gasteiger partial charge in [0, 0.05) is 19.0 Å². The van der Waals surface area contributed by atoms with E-state index in [1.807, 2.05) is 26.0 Å². The van der Waals surface area contributed by atoms with E-state index in [4.69, 9.17) is 11.6 Å². The highest BCUT2D eigenvalue weighted by Gasteiger charge is 2.23. The smallest absolute Gasteiger partial charge is 0.207 e. The number of benzene rings is 1. The van der Waals surface area contributed by atoms with Crippen molar-refractivity contribution >= 4 is 21.6 Å². The van der Waals surface area contributed by atoms with Crippen molar-refractivity contribution in [3.05, 3.63) is 29.8 Å². The van der Waals surface area contributed by atoms with Crippen LogP contribution < -0.4 is 0 Å². The van der Waals surface area contributed by atoms with Crippen LogP contribution in [0.1, 0.15) is 18.9 Å². The maximum atomic E-state index is 12.4. The van der Waals surface area contributed by atoms with E-state index < -0.39 is 10.0 Å². The normalized spacial score (nSPS) is 12.0. The average Bonchev–Trinajstić information content (AvgIpc) is 2.30. The van der Waals surface area contributed by atoms with Gasteiger partial charge in [0.2, 0.25) is 10.0 Å². The summed E-state index contributed by atoms with van der Waals surface area (Å²) in [6.07, 6.45) is 0.667. The first-order chi connectivity index (χ1) is 8.04. The van der Waals surface area contributed by atoms with Crippen LogP contribution in [0.15, 0.2) is 29.2 Å². The molecule has 0 radical (unpaired) electrons. The molecule has 0 heterocycles. The van der Waals surface area contributed by atoms with E-state index in [0.29, 0.717) is 30.3 Å². The van der Waals surface area contributed by atoms with E-state index in [-0.39, 0.29) is 0 Å². The summed E-state index contributed by atoms with van der Waals surface area (Å²) < 4.78 is 26.2. The van der Waals surface area contributed by atoms with Crippen molar-refractivity contribution in [2.75, 3.05) is 19.0 Å². The Labute approximate surface area is 108 Å². The molecule has 1 rings (SSSR count). The Morgan fingerprint density at radius 3 is 2.47 bits per heavy atom. The maximum absolute atomic E-state index is 12.4. The molecule has 0 saturated heterocycles. The van der Waals surface area contributed by atoms with Gasteiger partial charge in [0.25, 0.3) is 0 Å². The number of hydrogen-bond donors (Lipinski definition) is 0. The molecule has 0 aliphatic rings. The molecule has 0 N–H and O–H groups in total. The van der Waals surface area contributed by atoms with Crippen molar-refractivity contribution in [2.24, 2.45) is 0 Å². The van der Waals surface area contributed by atoms with Gasteiger partial charge in [-0.05, 0) is 25.0 Å². The van der Waals surface area contributed by atoms with Crippen LogP contribution in [0.4, 0.5) is 0 Å². The summed E-state index contributed by atoms with van der Waals surface area (Å²) in [5.41, 5.74) is 0.775. The Bertz CT molecular complexity index is 459. The number of alkyl halides is 1. The molecule has 0 aromatic heterocycles. The highest BCUT2D eigenvalue weighted by molar-refractivity contribution is 7.89. The summed E-state index contributed by atoms with van der Waals surface area (Å²) in [7, 11) is -3.38. The van der Waals surface area contributed by atoms with Crippen LogP contribution in [0, 0.1) is 6.92 Å². The molecule has 1 aromatic carbocycles. The molecular formula is C12H18ClNO2S. The minimum Gasteiger partial charge on any atom is -0.207 e. The fourth-order valence-electron chi connectivity index (χ4n) is 1.67. The summed E-state index contributed by atoms with van der Waals surface area (Å²) in [5.74, 6) is 0.472. The van der Waals surface area contributed by atoms with Crippen molar-refractivity contribution in [3.63, 3.8) is 0 Å². The van der Waals surface area contributed by atoms with Crippen molar-refractivity contribution in [1.82, 2.24) is 4.31 Å². The summed E-state index contributed by atoms with van der Waals surface area (Å²) in [4.78, 5) is 0.386. The zero-order chi connectivity index (χ0) is 12.9. The summed E-state index contributed by atoms with van der Waals surface area (Å²) in [6, 6.07) is 7.04. The SMILES string of the molecule is CCN(CCCCl)S(=O)(=O)c1ccccc1C. The Hall–Kier alpha value is -0.580. The lowest BCUT2D eigenvalue weighted by Gasteiger charge is -2.21. The molecule has 0 fully saturated rings. The van der Waals surface area contributed by atoms with Crippen molar-refractivity contribution in [2.45, 2.75) is 25.2 Å². The molecule has 0 bridgehead atoms. The second kappa shape index (κ2) is 6.38. The van der Waals surface area contributed by atoms with Gasteiger partial charge in [0.1, 0.15) is 0 Å². The predicted octanol–water partition coefficient (Wildman–Crippen LogP) is 2.63. The molecule has 96 valence electrons. The van der Waals surface area contributed by atoms with Crippen LogP contribution in [0.3, 0.4) is 0 Å². The Morgan fingerprint density at radius 1 is 1.29 bits per heavy atom. The van der Waals surface area contributed by atoms with Crippen LogP contribution >= 0.6 is 11.6 Å². The van der Waals surface area contributed by atoms with Crippen LogP contribution in [-0.4, -0.2) is 31.7 Å². The molecule has 3 nitrogen and oxygen atoms in total. The van der Waals surface area contributed by atoms with Gasteiger partial charge in [-0.1, -0.05) is 25.1 Å². The molecule has 1 aromatic rings. The van der Waals surface area contributed by atoms with E-state index in [9.17, 15) is 8.42 Å². The lowest BCUT2D eigenvalue weighted by Crippen LogP contribution is -2.32. The zero-order valence-electron chi connectivity index (χ0n) is 10.2. The largest absolute Gasteiger partial charge is 0.243 e. The second-order valence-corrected chi connectivity index (χ2v) is 6.09. The minimum absolute atomic E-state index is 0.386. The standard InChI is InChI=1S/C12H18ClNO2S/c1-3-14(10-6-9-13)17(15,16)12-8-5-4-7-11(12)2/h4-5,7-8H,3,6,9-10H2,1-2H3. The Kier molecular flexibility index (Phi) is 5.43. The number of nitrogens with zero attached hydrogens (tertiary/aromatic N) is 1. The van der Waals surface area contributed by atoms with Crippen molar-refractivity contribution < 1.29 is 8.42 Å². The average molecular weight is 276 g/mol. The summed E-state index contributed by atoms with van der Waals surface area (Å²) in [5, 5.41) is 0. The lowest BCUT2D eigenvalue weighted by molar-refractivity contribution is 0.427. The van der Waals surface area contributed by atoms with E-state index in [0.717, 1.165) is 5.56 Å². The first-order valence-corrected chi connectivity index (χ1v) is 7.63. The first kappa shape index (κ1) is 14.5. The molecule has 0 unspecified atom stereocenters. The first-order valence-electron chi connectivity index (χ1n) is 5.65. The van der Waals surface area contributed by atoms with Gasteiger partial charge in [-0.15, -0.1) is 11.6 Å². The van der Waals surface area contributed by atoms with Gasteiger partial charge in [-0.25, -0.2) is 8.42 Å². The molecular weight excluding hydrogens is 258 g/mol.